The van der Waals surface area contributed by atoms with Crippen molar-refractivity contribution in [3.05, 3.63) is 0 Å². The highest BCUT2D eigenvalue weighted by atomic mass is 16.8. The first-order valence-electron chi connectivity index (χ1n) is 23.7. The molecule has 8 unspecified atom stereocenters. The second-order valence-electron chi connectivity index (χ2n) is 21.3. The average Bonchev–Trinajstić information content (AvgIpc) is 3.73. The molecule has 0 aromatic heterocycles. The third-order valence-corrected chi connectivity index (χ3v) is 17.9. The highest BCUT2D eigenvalue weighted by Crippen LogP contribution is 2.71. The smallest absolute Gasteiger partial charge is 0.187 e. The van der Waals surface area contributed by atoms with Crippen LogP contribution in [0.4, 0.5) is 0 Å². The Morgan fingerprint density at radius 2 is 1.20 bits per heavy atom. The summed E-state index contributed by atoms with van der Waals surface area (Å²) in [5.74, 6) is 1.32. The molecule has 4 saturated carbocycles. The van der Waals surface area contributed by atoms with Gasteiger partial charge in [-0.05, 0) is 97.7 Å². The second kappa shape index (κ2) is 19.2. The molecule has 19 nitrogen and oxygen atoms in total. The molecule has 8 fully saturated rings. The van der Waals surface area contributed by atoms with E-state index in [1.165, 1.54) is 0 Å². The minimum Gasteiger partial charge on any atom is -0.394 e. The fraction of sp³-hybridized carbons (Fsp3) is 1.00. The number of ether oxygens (including phenoxy) is 8. The van der Waals surface area contributed by atoms with Crippen LogP contribution in [-0.2, 0) is 37.9 Å². The highest BCUT2D eigenvalue weighted by Gasteiger charge is 2.69. The Morgan fingerprint density at radius 1 is 0.625 bits per heavy atom. The molecular weight excluding hydrogens is 844 g/mol. The maximum absolute atomic E-state index is 11.2. The first-order chi connectivity index (χ1) is 30.4. The van der Waals surface area contributed by atoms with Gasteiger partial charge in [0.25, 0.3) is 0 Å². The number of hydrogen-bond acceptors (Lipinski definition) is 19. The molecule has 0 radical (unpaired) electrons. The lowest BCUT2D eigenvalue weighted by Crippen LogP contribution is -2.65. The van der Waals surface area contributed by atoms with Crippen molar-refractivity contribution in [3.63, 3.8) is 0 Å². The van der Waals surface area contributed by atoms with Crippen LogP contribution in [0.2, 0.25) is 0 Å². The van der Waals surface area contributed by atoms with Crippen LogP contribution in [-0.4, -0.2) is 200 Å². The molecule has 4 aliphatic heterocycles. The zero-order valence-corrected chi connectivity index (χ0v) is 37.7. The van der Waals surface area contributed by atoms with Gasteiger partial charge in [-0.3, -0.25) is 0 Å². The summed E-state index contributed by atoms with van der Waals surface area (Å²) in [5.41, 5.74) is 0.109. The van der Waals surface area contributed by atoms with Crippen LogP contribution in [0.1, 0.15) is 85.5 Å². The zero-order valence-electron chi connectivity index (χ0n) is 37.7. The van der Waals surface area contributed by atoms with Gasteiger partial charge in [0.05, 0.1) is 38.6 Å². The van der Waals surface area contributed by atoms with E-state index in [-0.39, 0.29) is 47.4 Å². The summed E-state index contributed by atoms with van der Waals surface area (Å²) in [6.07, 6.45) is -13.9. The van der Waals surface area contributed by atoms with Gasteiger partial charge < -0.3 is 94.1 Å². The minimum atomic E-state index is -1.75. The first-order valence-corrected chi connectivity index (χ1v) is 23.7. The van der Waals surface area contributed by atoms with Crippen LogP contribution in [0.3, 0.4) is 0 Å². The predicted molar refractivity (Wildman–Crippen MR) is 219 cm³/mol. The number of hydrogen-bond donors (Lipinski definition) is 11. The standard InChI is InChI=1S/C45H76O19/c1-19(18-58-40-37(55)34(52)31(49)27(15-46)60-40)14-45(57-5)20(2)30-26(64-45)13-25-23-7-6-21-12-22(8-10-43(21,3)24(23)9-11-44(25,30)4)59-42-39(36(54)33(51)29(17-48)62-42)63-41-38(56)35(53)32(50)28(16-47)61-41/h19-42,46-56H,6-18H2,1-5H3/t19?,20?,21-,22?,23?,24?,25?,26?,27+,28-,29-,30?,31+,32-,33+,34-,35+,36+,37+,38-,39-,40+,41+,42-,43+,44+,45-/m1/s1. The van der Waals surface area contributed by atoms with Crippen molar-refractivity contribution in [3.8, 4) is 0 Å². The summed E-state index contributed by atoms with van der Waals surface area (Å²) in [6, 6.07) is 0. The maximum Gasteiger partial charge on any atom is 0.187 e. The van der Waals surface area contributed by atoms with Crippen LogP contribution < -0.4 is 0 Å². The van der Waals surface area contributed by atoms with E-state index >= 15 is 0 Å². The Kier molecular flexibility index (Phi) is 14.9. The Labute approximate surface area is 374 Å². The molecule has 0 bridgehead atoms. The van der Waals surface area contributed by atoms with Gasteiger partial charge in [0, 0.05) is 19.4 Å². The molecule has 0 spiro atoms. The van der Waals surface area contributed by atoms with E-state index in [0.29, 0.717) is 36.5 Å². The van der Waals surface area contributed by atoms with Crippen molar-refractivity contribution in [2.75, 3.05) is 33.5 Å². The topological polar surface area (TPSA) is 296 Å². The van der Waals surface area contributed by atoms with Crippen LogP contribution in [0, 0.1) is 52.3 Å². The van der Waals surface area contributed by atoms with Crippen molar-refractivity contribution < 1.29 is 94.1 Å². The van der Waals surface area contributed by atoms with Crippen molar-refractivity contribution in [1.82, 2.24) is 0 Å². The molecule has 11 N–H and O–H groups in total. The SMILES string of the molecule is CO[C@]1(CC(C)CO[C@H]2O[C@@H](CO)[C@H](O)[C@@H](O)[C@@H]2O)OC2CC3C4CC[C@@H]5CC(O[C@@H]6O[C@H](CO)[C@H](O)[C@H](O)[C@H]6O[C@@H]6O[C@H](CO)[C@@H](O)[C@H](O)[C@H]6O)CC[C@]5(C)C4CC[C@]3(C)C2C1C. The second-order valence-corrected chi connectivity index (χ2v) is 21.3. The molecule has 8 aliphatic rings. The van der Waals surface area contributed by atoms with Gasteiger partial charge in [0.2, 0.25) is 0 Å². The lowest BCUT2D eigenvalue weighted by atomic mass is 9.44. The molecule has 19 heteroatoms. The summed E-state index contributed by atoms with van der Waals surface area (Å²) in [5, 5.41) is 114. The van der Waals surface area contributed by atoms with Crippen LogP contribution in [0.15, 0.2) is 0 Å². The molecular formula is C45H76O19. The fourth-order valence-corrected chi connectivity index (χ4v) is 14.4. The third kappa shape index (κ3) is 8.44. The molecule has 27 atom stereocenters. The summed E-state index contributed by atoms with van der Waals surface area (Å²) >= 11 is 0. The predicted octanol–water partition coefficient (Wildman–Crippen LogP) is -1.52. The Bertz CT molecular complexity index is 1560. The largest absolute Gasteiger partial charge is 0.394 e. The Morgan fingerprint density at radius 3 is 1.83 bits per heavy atom. The molecule has 4 heterocycles. The van der Waals surface area contributed by atoms with Crippen molar-refractivity contribution in [2.24, 2.45) is 52.3 Å². The van der Waals surface area contributed by atoms with E-state index in [2.05, 4.69) is 20.8 Å². The normalized spacial score (nSPS) is 55.6. The van der Waals surface area contributed by atoms with E-state index in [0.717, 1.165) is 44.9 Å². The van der Waals surface area contributed by atoms with E-state index in [4.69, 9.17) is 37.9 Å². The number of fused-ring (bicyclic) bond motifs is 7. The van der Waals surface area contributed by atoms with E-state index < -0.39 is 118 Å². The molecule has 4 saturated heterocycles. The van der Waals surface area contributed by atoms with Crippen LogP contribution >= 0.6 is 0 Å². The van der Waals surface area contributed by atoms with Gasteiger partial charge in [-0.25, -0.2) is 0 Å². The lowest BCUT2D eigenvalue weighted by Gasteiger charge is -2.61. The Hall–Kier alpha value is -0.760. The monoisotopic (exact) mass is 920 g/mol. The number of aliphatic hydroxyl groups excluding tert-OH is 11. The summed E-state index contributed by atoms with van der Waals surface area (Å²) in [7, 11) is 1.70. The summed E-state index contributed by atoms with van der Waals surface area (Å²) in [6.45, 7) is 7.54. The average molecular weight is 921 g/mol. The zero-order chi connectivity index (χ0) is 46.2. The van der Waals surface area contributed by atoms with Crippen LogP contribution in [0.25, 0.3) is 0 Å². The van der Waals surface area contributed by atoms with Crippen molar-refractivity contribution >= 4 is 0 Å². The van der Waals surface area contributed by atoms with Gasteiger partial charge in [-0.1, -0.05) is 27.7 Å². The quantitative estimate of drug-likeness (QED) is 0.0936. The number of methoxy groups -OCH3 is 1. The molecule has 64 heavy (non-hydrogen) atoms. The molecule has 0 aromatic carbocycles. The lowest BCUT2D eigenvalue weighted by molar-refractivity contribution is -0.373. The highest BCUT2D eigenvalue weighted by molar-refractivity contribution is 5.15. The van der Waals surface area contributed by atoms with Gasteiger partial charge in [0.1, 0.15) is 73.2 Å². The third-order valence-electron chi connectivity index (χ3n) is 17.9. The van der Waals surface area contributed by atoms with Gasteiger partial charge >= 0.3 is 0 Å². The number of aliphatic hydroxyl groups is 11. The molecule has 370 valence electrons. The summed E-state index contributed by atoms with van der Waals surface area (Å²) < 4.78 is 48.9. The van der Waals surface area contributed by atoms with Crippen molar-refractivity contribution in [2.45, 2.75) is 196 Å². The van der Waals surface area contributed by atoms with E-state index in [1.54, 1.807) is 7.11 Å². The first kappa shape index (κ1) is 49.7. The summed E-state index contributed by atoms with van der Waals surface area (Å²) in [4.78, 5) is 0. The van der Waals surface area contributed by atoms with Crippen LogP contribution in [0.5, 0.6) is 0 Å². The van der Waals surface area contributed by atoms with Gasteiger partial charge in [-0.2, -0.15) is 0 Å². The fourth-order valence-electron chi connectivity index (χ4n) is 14.4. The molecule has 4 aliphatic carbocycles. The van der Waals surface area contributed by atoms with Gasteiger partial charge in [-0.15, -0.1) is 0 Å². The van der Waals surface area contributed by atoms with E-state index in [9.17, 15) is 56.2 Å². The molecule has 0 amide bonds. The molecule has 8 rings (SSSR count). The minimum absolute atomic E-state index is 0.0298. The van der Waals surface area contributed by atoms with Gasteiger partial charge in [0.15, 0.2) is 24.7 Å². The van der Waals surface area contributed by atoms with E-state index in [1.807, 2.05) is 6.92 Å². The Balaban J connectivity index is 0.896. The maximum atomic E-state index is 11.2. The van der Waals surface area contributed by atoms with Crippen molar-refractivity contribution in [1.29, 1.82) is 0 Å². The molecule has 0 aromatic rings. The number of rotatable bonds is 13.